The van der Waals surface area contributed by atoms with E-state index in [1.807, 2.05) is 0 Å². The summed E-state index contributed by atoms with van der Waals surface area (Å²) >= 11 is 0. The zero-order chi connectivity index (χ0) is 31.0. The number of hydrogen-bond donors (Lipinski definition) is 0. The van der Waals surface area contributed by atoms with Crippen molar-refractivity contribution >= 4 is 49.3 Å². The third kappa shape index (κ3) is 3.97. The Bertz CT molecular complexity index is 2320. The van der Waals surface area contributed by atoms with Crippen LogP contribution in [-0.2, 0) is 5.41 Å². The molecule has 2 unspecified atom stereocenters. The number of fused-ring (bicyclic) bond motifs is 10. The summed E-state index contributed by atoms with van der Waals surface area (Å²) in [5.41, 5.74) is 11.6. The molecule has 1 nitrogen and oxygen atoms in total. The van der Waals surface area contributed by atoms with E-state index >= 15 is 0 Å². The fourth-order valence-electron chi connectivity index (χ4n) is 8.58. The zero-order valence-corrected chi connectivity index (χ0v) is 26.7. The first-order valence-corrected chi connectivity index (χ1v) is 16.8. The Morgan fingerprint density at radius 1 is 0.630 bits per heavy atom. The molecule has 1 aliphatic heterocycles. The summed E-state index contributed by atoms with van der Waals surface area (Å²) in [5, 5.41) is 7.79. The van der Waals surface area contributed by atoms with Gasteiger partial charge in [-0.3, -0.25) is 4.99 Å². The van der Waals surface area contributed by atoms with Crippen molar-refractivity contribution in [1.82, 2.24) is 0 Å². The van der Waals surface area contributed by atoms with Crippen LogP contribution in [0, 0.1) is 11.8 Å². The molecule has 1 heterocycles. The number of hydrogen-bond acceptors (Lipinski definition) is 1. The van der Waals surface area contributed by atoms with Crippen LogP contribution in [0.3, 0.4) is 0 Å². The second kappa shape index (κ2) is 10.3. The molecule has 0 saturated heterocycles. The van der Waals surface area contributed by atoms with E-state index in [2.05, 4.69) is 154 Å². The highest BCUT2D eigenvalue weighted by molar-refractivity contribution is 6.25. The van der Waals surface area contributed by atoms with Crippen LogP contribution in [0.2, 0.25) is 0 Å². The average Bonchev–Trinajstić information content (AvgIpc) is 3.22. The molecule has 9 rings (SSSR count). The van der Waals surface area contributed by atoms with E-state index in [-0.39, 0.29) is 5.41 Å². The lowest BCUT2D eigenvalue weighted by Gasteiger charge is -2.25. The SMILES string of the molecule is CCC1CC(c2ccc3c(c2)C(C)(C)c2ccccc2-3)=C(c2ccc3c4ccccc4c4ccccc4c3c2)N=C2C=CC=CC21. The summed E-state index contributed by atoms with van der Waals surface area (Å²) < 4.78 is 0. The van der Waals surface area contributed by atoms with Crippen molar-refractivity contribution in [1.29, 1.82) is 0 Å². The highest BCUT2D eigenvalue weighted by Crippen LogP contribution is 2.50. The van der Waals surface area contributed by atoms with Gasteiger partial charge < -0.3 is 0 Å². The Labute approximate surface area is 271 Å². The van der Waals surface area contributed by atoms with E-state index in [9.17, 15) is 0 Å². The number of benzene rings is 6. The highest BCUT2D eigenvalue weighted by Gasteiger charge is 2.36. The predicted molar refractivity (Wildman–Crippen MR) is 197 cm³/mol. The first-order valence-electron chi connectivity index (χ1n) is 16.8. The summed E-state index contributed by atoms with van der Waals surface area (Å²) in [7, 11) is 0. The molecular weight excluding hydrogens is 555 g/mol. The van der Waals surface area contributed by atoms with Gasteiger partial charge in [-0.1, -0.05) is 142 Å². The van der Waals surface area contributed by atoms with Crippen molar-refractivity contribution in [2.45, 2.75) is 39.0 Å². The standard InChI is InChI=1S/C45H37N/c1-4-28-25-39(29-21-24-38-37-18-9-11-19-41(37)45(2,3)42(38)27-29)44(46-43-20-12-10-13-31(28)43)30-22-23-36-34-16-6-5-14-32(34)33-15-7-8-17-35(33)40(36)26-30/h5-24,26-28,31H,4,25H2,1-3H3. The van der Waals surface area contributed by atoms with Gasteiger partial charge >= 0.3 is 0 Å². The van der Waals surface area contributed by atoms with Crippen LogP contribution in [-0.4, -0.2) is 5.71 Å². The summed E-state index contributed by atoms with van der Waals surface area (Å²) in [6.07, 6.45) is 11.1. The van der Waals surface area contributed by atoms with Gasteiger partial charge in [0.2, 0.25) is 0 Å². The smallest absolute Gasteiger partial charge is 0.0743 e. The molecule has 1 heteroatoms. The maximum Gasteiger partial charge on any atom is 0.0743 e. The van der Waals surface area contributed by atoms with Crippen molar-refractivity contribution in [2.24, 2.45) is 16.8 Å². The Morgan fingerprint density at radius 3 is 2.00 bits per heavy atom. The lowest BCUT2D eigenvalue weighted by atomic mass is 9.78. The van der Waals surface area contributed by atoms with Gasteiger partial charge in [0.05, 0.1) is 5.70 Å². The Morgan fingerprint density at radius 2 is 1.26 bits per heavy atom. The van der Waals surface area contributed by atoms with Crippen LogP contribution in [0.1, 0.15) is 55.9 Å². The van der Waals surface area contributed by atoms with Crippen LogP contribution >= 0.6 is 0 Å². The van der Waals surface area contributed by atoms with E-state index in [1.54, 1.807) is 0 Å². The second-order valence-electron chi connectivity index (χ2n) is 13.8. The number of allylic oxidation sites excluding steroid dienone is 5. The fraction of sp³-hybridized carbons (Fsp3) is 0.178. The molecule has 0 bridgehead atoms. The zero-order valence-electron chi connectivity index (χ0n) is 26.7. The molecule has 0 fully saturated rings. The fourth-order valence-corrected chi connectivity index (χ4v) is 8.58. The van der Waals surface area contributed by atoms with Crippen molar-refractivity contribution in [3.8, 4) is 11.1 Å². The van der Waals surface area contributed by atoms with Gasteiger partial charge in [-0.15, -0.1) is 0 Å². The van der Waals surface area contributed by atoms with Gasteiger partial charge in [0, 0.05) is 22.6 Å². The number of rotatable bonds is 3. The predicted octanol–water partition coefficient (Wildman–Crippen LogP) is 11.9. The van der Waals surface area contributed by atoms with E-state index < -0.39 is 0 Å². The van der Waals surface area contributed by atoms with Gasteiger partial charge in [0.1, 0.15) is 0 Å². The summed E-state index contributed by atoms with van der Waals surface area (Å²) in [6.45, 7) is 7.09. The maximum absolute atomic E-state index is 5.60. The number of aliphatic imine (C=N–C) groups is 1. The molecule has 6 aromatic rings. The van der Waals surface area contributed by atoms with E-state index in [0.717, 1.165) is 18.5 Å². The molecule has 0 radical (unpaired) electrons. The summed E-state index contributed by atoms with van der Waals surface area (Å²) in [5.74, 6) is 0.805. The maximum atomic E-state index is 5.60. The van der Waals surface area contributed by atoms with Crippen molar-refractivity contribution in [2.75, 3.05) is 0 Å². The van der Waals surface area contributed by atoms with Crippen molar-refractivity contribution in [3.05, 3.63) is 156 Å². The molecule has 3 aliphatic rings. The van der Waals surface area contributed by atoms with E-state index in [0.29, 0.717) is 11.8 Å². The van der Waals surface area contributed by atoms with Crippen LogP contribution in [0.4, 0.5) is 0 Å². The Balaban J connectivity index is 1.32. The molecule has 0 amide bonds. The molecule has 46 heavy (non-hydrogen) atoms. The van der Waals surface area contributed by atoms with Crippen molar-refractivity contribution in [3.63, 3.8) is 0 Å². The van der Waals surface area contributed by atoms with E-state index in [1.165, 1.54) is 77.0 Å². The Hall–Kier alpha value is -5.01. The summed E-state index contributed by atoms with van der Waals surface area (Å²) in [6, 6.07) is 40.9. The average molecular weight is 592 g/mol. The second-order valence-corrected chi connectivity index (χ2v) is 13.8. The van der Waals surface area contributed by atoms with Gasteiger partial charge in [-0.25, -0.2) is 0 Å². The third-order valence-corrected chi connectivity index (χ3v) is 11.0. The monoisotopic (exact) mass is 591 g/mol. The minimum atomic E-state index is -0.0498. The molecule has 0 aromatic heterocycles. The van der Waals surface area contributed by atoms with Crippen LogP contribution in [0.15, 0.2) is 138 Å². The number of nitrogens with zero attached hydrogens (tertiary/aromatic N) is 1. The third-order valence-electron chi connectivity index (χ3n) is 11.0. The lowest BCUT2D eigenvalue weighted by molar-refractivity contribution is 0.472. The van der Waals surface area contributed by atoms with Crippen molar-refractivity contribution < 1.29 is 0 Å². The first kappa shape index (κ1) is 27.3. The largest absolute Gasteiger partial charge is 0.252 e. The van der Waals surface area contributed by atoms with Crippen LogP contribution in [0.5, 0.6) is 0 Å². The molecule has 2 atom stereocenters. The van der Waals surface area contributed by atoms with Gasteiger partial charge in [0.15, 0.2) is 0 Å². The Kier molecular flexibility index (Phi) is 6.09. The van der Waals surface area contributed by atoms with Crippen LogP contribution in [0.25, 0.3) is 54.7 Å². The molecule has 0 spiro atoms. The molecular formula is C45H37N. The van der Waals surface area contributed by atoms with Gasteiger partial charge in [-0.05, 0) is 96.3 Å². The van der Waals surface area contributed by atoms with Gasteiger partial charge in [-0.2, -0.15) is 0 Å². The van der Waals surface area contributed by atoms with Gasteiger partial charge in [0.25, 0.3) is 0 Å². The molecule has 0 saturated carbocycles. The normalized spacial score (nSPS) is 19.7. The van der Waals surface area contributed by atoms with Crippen LogP contribution < -0.4 is 0 Å². The topological polar surface area (TPSA) is 12.4 Å². The molecule has 6 aromatic carbocycles. The minimum Gasteiger partial charge on any atom is -0.252 e. The highest BCUT2D eigenvalue weighted by atomic mass is 14.8. The molecule has 222 valence electrons. The quantitative estimate of drug-likeness (QED) is 0.182. The first-order chi connectivity index (χ1) is 22.5. The molecule has 0 N–H and O–H groups in total. The summed E-state index contributed by atoms with van der Waals surface area (Å²) in [4.78, 5) is 5.60. The lowest BCUT2D eigenvalue weighted by Crippen LogP contribution is -2.21. The van der Waals surface area contributed by atoms with E-state index in [4.69, 9.17) is 4.99 Å². The molecule has 2 aliphatic carbocycles. The minimum absolute atomic E-state index is 0.0498.